The summed E-state index contributed by atoms with van der Waals surface area (Å²) in [6.07, 6.45) is 5.60. The van der Waals surface area contributed by atoms with Crippen molar-refractivity contribution in [3.05, 3.63) is 29.8 Å². The van der Waals surface area contributed by atoms with Crippen molar-refractivity contribution in [1.82, 2.24) is 4.90 Å². The van der Waals surface area contributed by atoms with E-state index in [1.165, 1.54) is 25.0 Å². The minimum atomic E-state index is -2.81. The fourth-order valence-corrected chi connectivity index (χ4v) is 3.10. The van der Waals surface area contributed by atoms with Crippen molar-refractivity contribution in [2.45, 2.75) is 58.1 Å². The SMILES string of the molecule is CC1CCC(N(C)C(=O)CCc2ccc(OC(F)F)cc2)CC1. The van der Waals surface area contributed by atoms with Crippen LogP contribution < -0.4 is 4.74 Å². The lowest BCUT2D eigenvalue weighted by molar-refractivity contribution is -0.132. The van der Waals surface area contributed by atoms with Crippen molar-refractivity contribution in [2.24, 2.45) is 5.92 Å². The Kier molecular flexibility index (Phi) is 6.37. The highest BCUT2D eigenvalue weighted by Crippen LogP contribution is 2.27. The van der Waals surface area contributed by atoms with Gasteiger partial charge in [0.25, 0.3) is 0 Å². The molecular formula is C18H25F2NO2. The number of carbonyl (C=O) groups excluding carboxylic acids is 1. The van der Waals surface area contributed by atoms with Gasteiger partial charge in [-0.1, -0.05) is 19.1 Å². The fourth-order valence-electron chi connectivity index (χ4n) is 3.10. The number of carbonyl (C=O) groups is 1. The lowest BCUT2D eigenvalue weighted by atomic mass is 9.86. The molecular weight excluding hydrogens is 300 g/mol. The van der Waals surface area contributed by atoms with Crippen molar-refractivity contribution >= 4 is 5.91 Å². The summed E-state index contributed by atoms with van der Waals surface area (Å²) in [5, 5.41) is 0. The molecule has 2 rings (SSSR count). The smallest absolute Gasteiger partial charge is 0.387 e. The van der Waals surface area contributed by atoms with Gasteiger partial charge in [-0.15, -0.1) is 0 Å². The molecule has 0 heterocycles. The Bertz CT molecular complexity index is 496. The molecule has 1 fully saturated rings. The van der Waals surface area contributed by atoms with Gasteiger partial charge in [0.15, 0.2) is 0 Å². The van der Waals surface area contributed by atoms with Gasteiger partial charge in [-0.05, 0) is 55.7 Å². The second-order valence-corrected chi connectivity index (χ2v) is 6.44. The third-order valence-electron chi connectivity index (χ3n) is 4.70. The van der Waals surface area contributed by atoms with Crippen LogP contribution in [0.4, 0.5) is 8.78 Å². The largest absolute Gasteiger partial charge is 0.435 e. The molecule has 0 aliphatic heterocycles. The number of alkyl halides is 2. The molecule has 0 bridgehead atoms. The molecule has 0 spiro atoms. The van der Waals surface area contributed by atoms with Gasteiger partial charge in [0.05, 0.1) is 0 Å². The molecule has 1 aliphatic rings. The average Bonchev–Trinajstić information content (AvgIpc) is 2.53. The standard InChI is InChI=1S/C18H25F2NO2/c1-13-3-8-15(9-4-13)21(2)17(22)12-7-14-5-10-16(11-6-14)23-18(19)20/h5-6,10-11,13,15,18H,3-4,7-9,12H2,1-2H3. The van der Waals surface area contributed by atoms with Crippen LogP contribution in [0.1, 0.15) is 44.6 Å². The first kappa shape index (κ1) is 17.7. The normalized spacial score (nSPS) is 21.3. The molecule has 1 saturated carbocycles. The molecule has 23 heavy (non-hydrogen) atoms. The van der Waals surface area contributed by atoms with Crippen LogP contribution in [-0.4, -0.2) is 30.5 Å². The topological polar surface area (TPSA) is 29.5 Å². The zero-order valence-electron chi connectivity index (χ0n) is 13.8. The first-order valence-corrected chi connectivity index (χ1v) is 8.25. The molecule has 128 valence electrons. The van der Waals surface area contributed by atoms with Crippen LogP contribution >= 0.6 is 0 Å². The molecule has 5 heteroatoms. The third-order valence-corrected chi connectivity index (χ3v) is 4.70. The number of ether oxygens (including phenoxy) is 1. The van der Waals surface area contributed by atoms with Crippen LogP contribution in [0, 0.1) is 5.92 Å². The van der Waals surface area contributed by atoms with Crippen molar-refractivity contribution in [3.63, 3.8) is 0 Å². The number of hydrogen-bond acceptors (Lipinski definition) is 2. The van der Waals surface area contributed by atoms with Gasteiger partial charge >= 0.3 is 6.61 Å². The predicted molar refractivity (Wildman–Crippen MR) is 85.6 cm³/mol. The van der Waals surface area contributed by atoms with Gasteiger partial charge in [-0.2, -0.15) is 8.78 Å². The summed E-state index contributed by atoms with van der Waals surface area (Å²) < 4.78 is 28.5. The molecule has 0 atom stereocenters. The van der Waals surface area contributed by atoms with Gasteiger partial charge in [0.2, 0.25) is 5.91 Å². The van der Waals surface area contributed by atoms with Crippen molar-refractivity contribution in [2.75, 3.05) is 7.05 Å². The highest BCUT2D eigenvalue weighted by atomic mass is 19.3. The van der Waals surface area contributed by atoms with E-state index in [0.717, 1.165) is 24.3 Å². The summed E-state index contributed by atoms with van der Waals surface area (Å²) >= 11 is 0. The number of nitrogens with zero attached hydrogens (tertiary/aromatic N) is 1. The van der Waals surface area contributed by atoms with E-state index in [9.17, 15) is 13.6 Å². The van der Waals surface area contributed by atoms with Crippen molar-refractivity contribution < 1.29 is 18.3 Å². The lowest BCUT2D eigenvalue weighted by Gasteiger charge is -2.33. The molecule has 1 amide bonds. The summed E-state index contributed by atoms with van der Waals surface area (Å²) in [4.78, 5) is 14.2. The van der Waals surface area contributed by atoms with E-state index < -0.39 is 6.61 Å². The number of aryl methyl sites for hydroxylation is 1. The Morgan fingerprint density at radius 1 is 1.22 bits per heavy atom. The highest BCUT2D eigenvalue weighted by molar-refractivity contribution is 5.76. The summed E-state index contributed by atoms with van der Waals surface area (Å²) in [5.74, 6) is 1.06. The van der Waals surface area contributed by atoms with E-state index in [2.05, 4.69) is 11.7 Å². The molecule has 1 aliphatic carbocycles. The molecule has 0 saturated heterocycles. The Balaban J connectivity index is 1.79. The zero-order chi connectivity index (χ0) is 16.8. The van der Waals surface area contributed by atoms with Crippen LogP contribution in [0.5, 0.6) is 5.75 Å². The molecule has 1 aromatic rings. The number of hydrogen-bond donors (Lipinski definition) is 0. The van der Waals surface area contributed by atoms with E-state index in [1.54, 1.807) is 12.1 Å². The number of benzene rings is 1. The summed E-state index contributed by atoms with van der Waals surface area (Å²) in [6, 6.07) is 6.84. The van der Waals surface area contributed by atoms with E-state index in [-0.39, 0.29) is 11.7 Å². The van der Waals surface area contributed by atoms with Crippen molar-refractivity contribution in [1.29, 1.82) is 0 Å². The quantitative estimate of drug-likeness (QED) is 0.782. The van der Waals surface area contributed by atoms with Gasteiger partial charge in [-0.3, -0.25) is 4.79 Å². The van der Waals surface area contributed by atoms with Crippen molar-refractivity contribution in [3.8, 4) is 5.75 Å². The van der Waals surface area contributed by atoms with E-state index >= 15 is 0 Å². The van der Waals surface area contributed by atoms with Crippen LogP contribution in [0.3, 0.4) is 0 Å². The molecule has 1 aromatic carbocycles. The third kappa shape index (κ3) is 5.48. The van der Waals surface area contributed by atoms with Crippen LogP contribution in [0.15, 0.2) is 24.3 Å². The van der Waals surface area contributed by atoms with Gasteiger partial charge in [0, 0.05) is 19.5 Å². The highest BCUT2D eigenvalue weighted by Gasteiger charge is 2.24. The van der Waals surface area contributed by atoms with Gasteiger partial charge in [-0.25, -0.2) is 0 Å². The molecule has 0 unspecified atom stereocenters. The second kappa shape index (κ2) is 8.27. The Morgan fingerprint density at radius 2 is 1.83 bits per heavy atom. The maximum absolute atomic E-state index is 12.3. The predicted octanol–water partition coefficient (Wildman–Crippen LogP) is 4.26. The molecule has 3 nitrogen and oxygen atoms in total. The molecule has 0 N–H and O–H groups in total. The Hall–Kier alpha value is -1.65. The fraction of sp³-hybridized carbons (Fsp3) is 0.611. The van der Waals surface area contributed by atoms with E-state index in [1.807, 2.05) is 11.9 Å². The molecule has 0 aromatic heterocycles. The van der Waals surface area contributed by atoms with Crippen LogP contribution in [-0.2, 0) is 11.2 Å². The zero-order valence-corrected chi connectivity index (χ0v) is 13.8. The summed E-state index contributed by atoms with van der Waals surface area (Å²) in [7, 11) is 1.89. The summed E-state index contributed by atoms with van der Waals surface area (Å²) in [5.41, 5.74) is 0.950. The minimum absolute atomic E-state index is 0.142. The monoisotopic (exact) mass is 325 g/mol. The second-order valence-electron chi connectivity index (χ2n) is 6.44. The van der Waals surface area contributed by atoms with Crippen LogP contribution in [0.2, 0.25) is 0 Å². The number of amides is 1. The summed E-state index contributed by atoms with van der Waals surface area (Å²) in [6.45, 7) is -0.547. The maximum Gasteiger partial charge on any atom is 0.387 e. The van der Waals surface area contributed by atoms with Gasteiger partial charge < -0.3 is 9.64 Å². The minimum Gasteiger partial charge on any atom is -0.435 e. The van der Waals surface area contributed by atoms with Gasteiger partial charge in [0.1, 0.15) is 5.75 Å². The van der Waals surface area contributed by atoms with E-state index in [4.69, 9.17) is 0 Å². The maximum atomic E-state index is 12.3. The lowest BCUT2D eigenvalue weighted by Crippen LogP contribution is -2.39. The Morgan fingerprint density at radius 3 is 2.39 bits per heavy atom. The number of rotatable bonds is 6. The Labute approximate surface area is 136 Å². The molecule has 0 radical (unpaired) electrons. The first-order valence-electron chi connectivity index (χ1n) is 8.25. The van der Waals surface area contributed by atoms with E-state index in [0.29, 0.717) is 18.9 Å². The van der Waals surface area contributed by atoms with Crippen LogP contribution in [0.25, 0.3) is 0 Å². The number of halogens is 2. The average molecular weight is 325 g/mol. The first-order chi connectivity index (χ1) is 11.0.